The van der Waals surface area contributed by atoms with Gasteiger partial charge < -0.3 is 16.8 Å². The highest BCUT2D eigenvalue weighted by atomic mass is 16.1. The van der Waals surface area contributed by atoms with E-state index in [-0.39, 0.29) is 17.2 Å². The molecule has 0 fully saturated rings. The zero-order valence-electron chi connectivity index (χ0n) is 11.3. The Kier molecular flexibility index (Phi) is 5.28. The lowest BCUT2D eigenvalue weighted by atomic mass is 10.2. The van der Waals surface area contributed by atoms with Crippen molar-refractivity contribution < 1.29 is 9.59 Å². The Labute approximate surface area is 116 Å². The Bertz CT molecular complexity index is 589. The van der Waals surface area contributed by atoms with Crippen LogP contribution in [0.1, 0.15) is 34.6 Å². The monoisotopic (exact) mass is 275 g/mol. The normalized spacial score (nSPS) is 9.30. The molecule has 1 aromatic heterocycles. The van der Waals surface area contributed by atoms with Gasteiger partial charge in [0.1, 0.15) is 17.7 Å². The lowest BCUT2D eigenvalue weighted by Gasteiger charge is -2.04. The summed E-state index contributed by atoms with van der Waals surface area (Å²) in [6.07, 6.45) is 0.741. The first-order valence-electron chi connectivity index (χ1n) is 6.07. The molecule has 0 spiro atoms. The molecule has 1 heterocycles. The van der Waals surface area contributed by atoms with Crippen molar-refractivity contribution in [2.24, 2.45) is 5.73 Å². The maximum Gasteiger partial charge on any atom is 0.256 e. The van der Waals surface area contributed by atoms with Crippen LogP contribution in [0.2, 0.25) is 0 Å². The van der Waals surface area contributed by atoms with Gasteiger partial charge in [-0.1, -0.05) is 13.8 Å². The molecule has 0 saturated carbocycles. The van der Waals surface area contributed by atoms with Crippen LogP contribution >= 0.6 is 0 Å². The van der Waals surface area contributed by atoms with Gasteiger partial charge in [0, 0.05) is 11.3 Å². The lowest BCUT2D eigenvalue weighted by Crippen LogP contribution is -2.14. The van der Waals surface area contributed by atoms with E-state index >= 15 is 0 Å². The molecule has 6 N–H and O–H groups in total. The molecule has 0 bridgehead atoms. The number of nitrogens with zero attached hydrogens (tertiary/aromatic N) is 1. The van der Waals surface area contributed by atoms with Crippen molar-refractivity contribution in [3.8, 4) is 0 Å². The Balaban J connectivity index is 0.000000956. The van der Waals surface area contributed by atoms with Gasteiger partial charge in [0.15, 0.2) is 5.82 Å². The van der Waals surface area contributed by atoms with E-state index in [9.17, 15) is 9.59 Å². The molecule has 0 aliphatic rings. The molecule has 7 heteroatoms. The molecular formula is C13H17N5O2. The number of carbonyl (C=O) groups excluding carboxylic acids is 2. The Morgan fingerprint density at radius 1 is 1.30 bits per heavy atom. The van der Waals surface area contributed by atoms with Crippen LogP contribution in [0, 0.1) is 0 Å². The lowest BCUT2D eigenvalue weighted by molar-refractivity contribution is 0.100. The smallest absolute Gasteiger partial charge is 0.256 e. The van der Waals surface area contributed by atoms with Crippen LogP contribution in [-0.2, 0) is 0 Å². The first kappa shape index (κ1) is 15.2. The summed E-state index contributed by atoms with van der Waals surface area (Å²) in [6.45, 7) is 4.00. The summed E-state index contributed by atoms with van der Waals surface area (Å²) in [4.78, 5) is 21.7. The molecule has 0 radical (unpaired) electrons. The minimum atomic E-state index is -0.673. The molecule has 1 amide bonds. The van der Waals surface area contributed by atoms with Gasteiger partial charge >= 0.3 is 0 Å². The van der Waals surface area contributed by atoms with Crippen molar-refractivity contribution >= 4 is 29.5 Å². The maximum atomic E-state index is 11.2. The number of rotatable bonds is 4. The number of aromatic amines is 1. The highest BCUT2D eigenvalue weighted by molar-refractivity contribution is 6.02. The Morgan fingerprint density at radius 3 is 2.40 bits per heavy atom. The Hall–Kier alpha value is -2.83. The average molecular weight is 275 g/mol. The molecule has 2 aromatic rings. The van der Waals surface area contributed by atoms with Crippen molar-refractivity contribution in [3.63, 3.8) is 0 Å². The summed E-state index contributed by atoms with van der Waals surface area (Å²) >= 11 is 0. The van der Waals surface area contributed by atoms with Crippen molar-refractivity contribution in [2.75, 3.05) is 11.1 Å². The van der Waals surface area contributed by atoms with Crippen molar-refractivity contribution in [2.45, 2.75) is 13.8 Å². The number of nitrogens with one attached hydrogen (secondary N) is 2. The van der Waals surface area contributed by atoms with Crippen LogP contribution in [0.4, 0.5) is 17.3 Å². The van der Waals surface area contributed by atoms with Crippen molar-refractivity contribution in [1.82, 2.24) is 10.2 Å². The number of nitrogens with two attached hydrogens (primary N) is 2. The summed E-state index contributed by atoms with van der Waals surface area (Å²) in [6, 6.07) is 6.63. The first-order chi connectivity index (χ1) is 9.61. The highest BCUT2D eigenvalue weighted by Crippen LogP contribution is 2.22. The van der Waals surface area contributed by atoms with Gasteiger partial charge in [0.05, 0.1) is 0 Å². The number of primary amides is 1. The standard InChI is InChI=1S/C11H11N5O2.C2H6/c12-9-8(10(13)18)11(16-15-9)14-7-3-1-6(5-17)2-4-7;1-2/h1-5H,(H2,13,18)(H4,12,14,15,16);1-2H3. The van der Waals surface area contributed by atoms with E-state index in [1.165, 1.54) is 0 Å². The minimum absolute atomic E-state index is 0.106. The number of hydrogen-bond acceptors (Lipinski definition) is 5. The van der Waals surface area contributed by atoms with Gasteiger partial charge in [-0.15, -0.1) is 0 Å². The van der Waals surface area contributed by atoms with E-state index in [4.69, 9.17) is 11.5 Å². The number of amides is 1. The van der Waals surface area contributed by atoms with Gasteiger partial charge in [0.2, 0.25) is 0 Å². The van der Waals surface area contributed by atoms with Gasteiger partial charge in [-0.05, 0) is 24.3 Å². The summed E-state index contributed by atoms with van der Waals surface area (Å²) in [5.74, 6) is -0.318. The third-order valence-corrected chi connectivity index (χ3v) is 2.35. The molecule has 7 nitrogen and oxygen atoms in total. The third-order valence-electron chi connectivity index (χ3n) is 2.35. The predicted octanol–water partition coefficient (Wildman–Crippen LogP) is 1.67. The predicted molar refractivity (Wildman–Crippen MR) is 78.0 cm³/mol. The van der Waals surface area contributed by atoms with Crippen LogP contribution in [-0.4, -0.2) is 22.4 Å². The van der Waals surface area contributed by atoms with Gasteiger partial charge in [0.25, 0.3) is 5.91 Å². The molecule has 2 rings (SSSR count). The zero-order chi connectivity index (χ0) is 15.1. The quantitative estimate of drug-likeness (QED) is 0.631. The fourth-order valence-electron chi connectivity index (χ4n) is 1.48. The minimum Gasteiger partial charge on any atom is -0.383 e. The fourth-order valence-corrected chi connectivity index (χ4v) is 1.48. The number of hydrogen-bond donors (Lipinski definition) is 4. The SMILES string of the molecule is CC.NC(=O)c1c(Nc2ccc(C=O)cc2)n[nH]c1N. The topological polar surface area (TPSA) is 127 Å². The highest BCUT2D eigenvalue weighted by Gasteiger charge is 2.16. The molecule has 0 saturated heterocycles. The molecule has 0 atom stereocenters. The van der Waals surface area contributed by atoms with Gasteiger partial charge in [-0.3, -0.25) is 14.7 Å². The molecule has 0 aliphatic carbocycles. The maximum absolute atomic E-state index is 11.2. The number of H-pyrrole nitrogens is 1. The molecular weight excluding hydrogens is 258 g/mol. The largest absolute Gasteiger partial charge is 0.383 e. The van der Waals surface area contributed by atoms with Crippen LogP contribution in [0.25, 0.3) is 0 Å². The summed E-state index contributed by atoms with van der Waals surface area (Å²) in [5.41, 5.74) is 12.1. The number of carbonyl (C=O) groups is 2. The average Bonchev–Trinajstić information content (AvgIpc) is 2.83. The molecule has 1 aromatic carbocycles. The second kappa shape index (κ2) is 6.93. The summed E-state index contributed by atoms with van der Waals surface area (Å²) in [7, 11) is 0. The van der Waals surface area contributed by atoms with Crippen LogP contribution in [0.3, 0.4) is 0 Å². The Morgan fingerprint density at radius 2 is 1.90 bits per heavy atom. The van der Waals surface area contributed by atoms with Gasteiger partial charge in [-0.2, -0.15) is 5.10 Å². The molecule has 20 heavy (non-hydrogen) atoms. The van der Waals surface area contributed by atoms with Crippen LogP contribution in [0.15, 0.2) is 24.3 Å². The van der Waals surface area contributed by atoms with E-state index in [2.05, 4.69) is 15.5 Å². The zero-order valence-corrected chi connectivity index (χ0v) is 11.3. The van der Waals surface area contributed by atoms with Crippen molar-refractivity contribution in [3.05, 3.63) is 35.4 Å². The van der Waals surface area contributed by atoms with E-state index in [0.717, 1.165) is 6.29 Å². The van der Waals surface area contributed by atoms with Gasteiger partial charge in [-0.25, -0.2) is 0 Å². The second-order valence-corrected chi connectivity index (χ2v) is 3.59. The molecule has 0 unspecified atom stereocenters. The second-order valence-electron chi connectivity index (χ2n) is 3.59. The van der Waals surface area contributed by atoms with E-state index in [1.807, 2.05) is 13.8 Å². The molecule has 106 valence electrons. The number of anilines is 3. The van der Waals surface area contributed by atoms with E-state index < -0.39 is 5.91 Å². The third kappa shape index (κ3) is 3.35. The van der Waals surface area contributed by atoms with E-state index in [1.54, 1.807) is 24.3 Å². The fraction of sp³-hybridized carbons (Fsp3) is 0.154. The van der Waals surface area contributed by atoms with E-state index in [0.29, 0.717) is 11.3 Å². The summed E-state index contributed by atoms with van der Waals surface area (Å²) in [5, 5.41) is 9.20. The molecule has 0 aliphatic heterocycles. The number of benzene rings is 1. The first-order valence-corrected chi connectivity index (χ1v) is 6.07. The van der Waals surface area contributed by atoms with Crippen molar-refractivity contribution in [1.29, 1.82) is 0 Å². The number of nitrogen functional groups attached to an aromatic ring is 1. The van der Waals surface area contributed by atoms with Crippen LogP contribution < -0.4 is 16.8 Å². The number of aldehydes is 1. The number of aromatic nitrogens is 2. The van der Waals surface area contributed by atoms with Crippen LogP contribution in [0.5, 0.6) is 0 Å². The summed E-state index contributed by atoms with van der Waals surface area (Å²) < 4.78 is 0.